The number of rotatable bonds is 4. The molecule has 2 rings (SSSR count). The summed E-state index contributed by atoms with van der Waals surface area (Å²) >= 11 is 12.0. The summed E-state index contributed by atoms with van der Waals surface area (Å²) in [5.41, 5.74) is 5.70. The molecule has 0 saturated carbocycles. The van der Waals surface area contributed by atoms with Gasteiger partial charge in [0.05, 0.1) is 10.0 Å². The first-order chi connectivity index (χ1) is 9.06. The lowest BCUT2D eigenvalue weighted by molar-refractivity contribution is 0.223. The van der Waals surface area contributed by atoms with Crippen LogP contribution in [0.15, 0.2) is 6.07 Å². The summed E-state index contributed by atoms with van der Waals surface area (Å²) in [7, 11) is 0. The van der Waals surface area contributed by atoms with Gasteiger partial charge in [-0.1, -0.05) is 29.6 Å². The fraction of sp³-hybridized carbons (Fsp3) is 0.615. The van der Waals surface area contributed by atoms with E-state index >= 15 is 0 Å². The van der Waals surface area contributed by atoms with Gasteiger partial charge in [0.1, 0.15) is 11.6 Å². The zero-order chi connectivity index (χ0) is 13.8. The van der Waals surface area contributed by atoms with Crippen molar-refractivity contribution in [3.63, 3.8) is 0 Å². The molecule has 19 heavy (non-hydrogen) atoms. The highest BCUT2D eigenvalue weighted by Crippen LogP contribution is 2.27. The molecular weight excluding hydrogens is 283 g/mol. The highest BCUT2D eigenvalue weighted by atomic mass is 35.5. The average molecular weight is 303 g/mol. The first-order valence-corrected chi connectivity index (χ1v) is 7.42. The zero-order valence-corrected chi connectivity index (χ0v) is 12.6. The monoisotopic (exact) mass is 302 g/mol. The largest absolute Gasteiger partial charge is 0.382 e. The molecule has 1 aliphatic heterocycles. The van der Waals surface area contributed by atoms with Gasteiger partial charge in [-0.05, 0) is 38.9 Å². The number of hydrogen-bond acceptors (Lipinski definition) is 4. The van der Waals surface area contributed by atoms with E-state index in [1.165, 1.54) is 32.4 Å². The van der Waals surface area contributed by atoms with E-state index in [0.717, 1.165) is 6.54 Å². The summed E-state index contributed by atoms with van der Waals surface area (Å²) < 4.78 is 0. The van der Waals surface area contributed by atoms with Crippen LogP contribution in [0.3, 0.4) is 0 Å². The predicted molar refractivity (Wildman–Crippen MR) is 82.0 cm³/mol. The summed E-state index contributed by atoms with van der Waals surface area (Å²) in [5, 5.41) is 4.19. The van der Waals surface area contributed by atoms with E-state index in [9.17, 15) is 0 Å². The lowest BCUT2D eigenvalue weighted by Crippen LogP contribution is -2.38. The van der Waals surface area contributed by atoms with E-state index in [0.29, 0.717) is 21.7 Å². The maximum atomic E-state index is 6.11. The van der Waals surface area contributed by atoms with Crippen molar-refractivity contribution in [3.05, 3.63) is 16.1 Å². The van der Waals surface area contributed by atoms with Crippen LogP contribution in [-0.2, 0) is 0 Å². The SMILES string of the molecule is CC(CN1CCCCC1)Nc1nc(N)c(Cl)cc1Cl. The van der Waals surface area contributed by atoms with Gasteiger partial charge >= 0.3 is 0 Å². The Kier molecular flexibility index (Phi) is 5.13. The highest BCUT2D eigenvalue weighted by molar-refractivity contribution is 6.37. The van der Waals surface area contributed by atoms with Crippen LogP contribution < -0.4 is 11.1 Å². The molecule has 0 aliphatic carbocycles. The molecule has 0 spiro atoms. The van der Waals surface area contributed by atoms with Crippen LogP contribution in [-0.4, -0.2) is 35.6 Å². The number of likely N-dealkylation sites (tertiary alicyclic amines) is 1. The lowest BCUT2D eigenvalue weighted by Gasteiger charge is -2.29. The fourth-order valence-corrected chi connectivity index (χ4v) is 2.80. The normalized spacial score (nSPS) is 18.3. The number of hydrogen-bond donors (Lipinski definition) is 2. The third-order valence-corrected chi connectivity index (χ3v) is 3.91. The molecule has 0 amide bonds. The molecule has 0 aromatic carbocycles. The van der Waals surface area contributed by atoms with E-state index < -0.39 is 0 Å². The Morgan fingerprint density at radius 2 is 2.00 bits per heavy atom. The van der Waals surface area contributed by atoms with Crippen LogP contribution in [0.1, 0.15) is 26.2 Å². The maximum Gasteiger partial charge on any atom is 0.147 e. The minimum atomic E-state index is 0.267. The number of nitrogen functional groups attached to an aromatic ring is 1. The number of nitrogens with one attached hydrogen (secondary N) is 1. The van der Waals surface area contributed by atoms with Gasteiger partial charge < -0.3 is 16.0 Å². The molecule has 3 N–H and O–H groups in total. The quantitative estimate of drug-likeness (QED) is 0.896. The second-order valence-electron chi connectivity index (χ2n) is 5.09. The summed E-state index contributed by atoms with van der Waals surface area (Å²) in [5.74, 6) is 0.909. The zero-order valence-electron chi connectivity index (χ0n) is 11.1. The Morgan fingerprint density at radius 1 is 1.32 bits per heavy atom. The molecule has 106 valence electrons. The predicted octanol–water partition coefficient (Wildman–Crippen LogP) is 3.26. The van der Waals surface area contributed by atoms with E-state index in [2.05, 4.69) is 22.1 Å². The minimum Gasteiger partial charge on any atom is -0.382 e. The molecular formula is C13H20Cl2N4. The molecule has 1 atom stereocenters. The van der Waals surface area contributed by atoms with Gasteiger partial charge in [-0.3, -0.25) is 0 Å². The Labute approximate surface area is 124 Å². The summed E-state index contributed by atoms with van der Waals surface area (Å²) in [6.45, 7) is 5.46. The molecule has 1 aromatic rings. The average Bonchev–Trinajstić information content (AvgIpc) is 2.37. The van der Waals surface area contributed by atoms with Crippen LogP contribution in [0, 0.1) is 0 Å². The second-order valence-corrected chi connectivity index (χ2v) is 5.91. The third kappa shape index (κ3) is 4.13. The van der Waals surface area contributed by atoms with Crippen molar-refractivity contribution < 1.29 is 0 Å². The number of anilines is 2. The van der Waals surface area contributed by atoms with Crippen molar-refractivity contribution in [2.45, 2.75) is 32.2 Å². The summed E-state index contributed by atoms with van der Waals surface area (Å²) in [6, 6.07) is 1.89. The van der Waals surface area contributed by atoms with Gasteiger partial charge in [-0.25, -0.2) is 4.98 Å². The van der Waals surface area contributed by atoms with Crippen molar-refractivity contribution in [1.29, 1.82) is 0 Å². The number of pyridine rings is 1. The number of halogens is 2. The Balaban J connectivity index is 1.94. The summed E-state index contributed by atoms with van der Waals surface area (Å²) in [4.78, 5) is 6.66. The van der Waals surface area contributed by atoms with Crippen LogP contribution in [0.25, 0.3) is 0 Å². The fourth-order valence-electron chi connectivity index (χ4n) is 2.39. The summed E-state index contributed by atoms with van der Waals surface area (Å²) in [6.07, 6.45) is 3.93. The molecule has 1 aliphatic rings. The topological polar surface area (TPSA) is 54.2 Å². The van der Waals surface area contributed by atoms with Crippen LogP contribution >= 0.6 is 23.2 Å². The van der Waals surface area contributed by atoms with Gasteiger partial charge in [-0.15, -0.1) is 0 Å². The van der Waals surface area contributed by atoms with Crippen molar-refractivity contribution in [2.75, 3.05) is 30.7 Å². The molecule has 2 heterocycles. The number of nitrogens with zero attached hydrogens (tertiary/aromatic N) is 2. The van der Waals surface area contributed by atoms with Gasteiger partial charge in [0.15, 0.2) is 0 Å². The maximum absolute atomic E-state index is 6.11. The van der Waals surface area contributed by atoms with Gasteiger partial charge in [0.2, 0.25) is 0 Å². The van der Waals surface area contributed by atoms with Crippen molar-refractivity contribution >= 4 is 34.8 Å². The Morgan fingerprint density at radius 3 is 2.68 bits per heavy atom. The van der Waals surface area contributed by atoms with E-state index in [4.69, 9.17) is 28.9 Å². The molecule has 1 aromatic heterocycles. The Bertz CT molecular complexity index is 433. The minimum absolute atomic E-state index is 0.267. The van der Waals surface area contributed by atoms with Crippen LogP contribution in [0.5, 0.6) is 0 Å². The van der Waals surface area contributed by atoms with Gasteiger partial charge in [-0.2, -0.15) is 0 Å². The van der Waals surface area contributed by atoms with Crippen molar-refractivity contribution in [2.24, 2.45) is 0 Å². The number of piperidine rings is 1. The smallest absolute Gasteiger partial charge is 0.147 e. The van der Waals surface area contributed by atoms with E-state index in [1.54, 1.807) is 6.07 Å². The van der Waals surface area contributed by atoms with Crippen LogP contribution in [0.4, 0.5) is 11.6 Å². The molecule has 1 fully saturated rings. The first-order valence-electron chi connectivity index (χ1n) is 6.66. The van der Waals surface area contributed by atoms with Gasteiger partial charge in [0.25, 0.3) is 0 Å². The van der Waals surface area contributed by atoms with E-state index in [1.807, 2.05) is 0 Å². The molecule has 0 radical (unpaired) electrons. The second kappa shape index (κ2) is 6.64. The molecule has 1 unspecified atom stereocenters. The molecule has 6 heteroatoms. The number of aromatic nitrogens is 1. The molecule has 0 bridgehead atoms. The Hall–Kier alpha value is -0.710. The standard InChI is InChI=1S/C13H20Cl2N4/c1-9(8-19-5-3-2-4-6-19)17-13-11(15)7-10(14)12(16)18-13/h7,9H,2-6,8H2,1H3,(H3,16,17,18). The van der Waals surface area contributed by atoms with Gasteiger partial charge in [0, 0.05) is 12.6 Å². The lowest BCUT2D eigenvalue weighted by atomic mass is 10.1. The van der Waals surface area contributed by atoms with Crippen molar-refractivity contribution in [3.8, 4) is 0 Å². The third-order valence-electron chi connectivity index (χ3n) is 3.32. The van der Waals surface area contributed by atoms with E-state index in [-0.39, 0.29) is 6.04 Å². The first kappa shape index (κ1) is 14.7. The van der Waals surface area contributed by atoms with Crippen molar-refractivity contribution in [1.82, 2.24) is 9.88 Å². The highest BCUT2D eigenvalue weighted by Gasteiger charge is 2.15. The van der Waals surface area contributed by atoms with Crippen LogP contribution in [0.2, 0.25) is 10.0 Å². The number of nitrogens with two attached hydrogens (primary N) is 1. The molecule has 4 nitrogen and oxygen atoms in total. The molecule has 1 saturated heterocycles.